The number of halogens is 1. The van der Waals surface area contributed by atoms with Crippen LogP contribution in [0.15, 0.2) is 35.5 Å². The minimum Gasteiger partial charge on any atom is -0.456 e. The Bertz CT molecular complexity index is 1450. The summed E-state index contributed by atoms with van der Waals surface area (Å²) in [6.45, 7) is 11.7. The first kappa shape index (κ1) is 45.3. The highest BCUT2D eigenvalue weighted by Crippen LogP contribution is 2.39. The van der Waals surface area contributed by atoms with Gasteiger partial charge in [-0.1, -0.05) is 51.5 Å². The second-order valence-corrected chi connectivity index (χ2v) is 17.2. The van der Waals surface area contributed by atoms with Crippen LogP contribution in [0.3, 0.4) is 0 Å². The number of hydrogen-bond donors (Lipinski definition) is 1. The van der Waals surface area contributed by atoms with E-state index in [0.717, 1.165) is 30.4 Å². The Morgan fingerprint density at radius 3 is 2.31 bits per heavy atom. The number of carbonyl (C=O) groups is 4. The van der Waals surface area contributed by atoms with E-state index in [1.807, 2.05) is 33.8 Å². The highest BCUT2D eigenvalue weighted by molar-refractivity contribution is 6.39. The third kappa shape index (κ3) is 11.0. The second-order valence-electron chi connectivity index (χ2n) is 16.6. The summed E-state index contributed by atoms with van der Waals surface area (Å²) in [4.78, 5) is 57.5. The van der Waals surface area contributed by atoms with Gasteiger partial charge in [0.05, 0.1) is 23.7 Å². The quantitative estimate of drug-likeness (QED) is 0.137. The molecule has 11 nitrogen and oxygen atoms in total. The summed E-state index contributed by atoms with van der Waals surface area (Å²) in [5.74, 6) is -6.55. The highest BCUT2D eigenvalue weighted by Gasteiger charge is 2.56. The van der Waals surface area contributed by atoms with Crippen LogP contribution in [0.2, 0.25) is 0 Å². The maximum absolute atomic E-state index is 14.2. The van der Waals surface area contributed by atoms with E-state index in [0.29, 0.717) is 38.5 Å². The normalized spacial score (nSPS) is 41.0. The fourth-order valence-corrected chi connectivity index (χ4v) is 9.38. The topological polar surface area (TPSA) is 138 Å². The van der Waals surface area contributed by atoms with E-state index >= 15 is 0 Å². The van der Waals surface area contributed by atoms with Crippen molar-refractivity contribution in [2.75, 3.05) is 27.9 Å². The molecule has 0 aromatic carbocycles. The number of ether oxygens (including phenoxy) is 5. The van der Waals surface area contributed by atoms with Gasteiger partial charge in [-0.3, -0.25) is 14.4 Å². The number of hydrogen-bond acceptors (Lipinski definition) is 10. The molecule has 3 aliphatic heterocycles. The number of esters is 1. The number of Topliss-reactive ketones (excluding diaryl/α,β-unsaturated/α-hetero) is 1. The number of ketones is 2. The Morgan fingerprint density at radius 2 is 1.65 bits per heavy atom. The molecule has 1 amide bonds. The Morgan fingerprint density at radius 1 is 0.982 bits per heavy atom. The summed E-state index contributed by atoms with van der Waals surface area (Å²) in [5.41, 5.74) is 1.87. The first-order valence-electron chi connectivity index (χ1n) is 20.3. The molecule has 310 valence electrons. The number of allylic oxidation sites excluding steroid dienone is 4. The number of piperidine rings is 1. The van der Waals surface area contributed by atoms with Crippen molar-refractivity contribution in [2.24, 2.45) is 29.6 Å². The molecular formula is C43H66ClNO10. The number of amides is 1. The number of cyclic esters (lactones) is 1. The summed E-state index contributed by atoms with van der Waals surface area (Å²) in [7, 11) is 4.76. The summed E-state index contributed by atoms with van der Waals surface area (Å²) < 4.78 is 30.0. The van der Waals surface area contributed by atoms with E-state index in [2.05, 4.69) is 13.0 Å². The lowest BCUT2D eigenvalue weighted by Crippen LogP contribution is -2.64. The van der Waals surface area contributed by atoms with Gasteiger partial charge in [0.15, 0.2) is 5.78 Å². The van der Waals surface area contributed by atoms with Gasteiger partial charge in [-0.25, -0.2) is 4.79 Å². The number of rotatable bonds is 6. The standard InChI is InChI=1S/C43H66ClNO10/c1-10-31-20-25(2)19-26(3)21-36(52-8)39-37(53-9)23-29(6)43(50,55-39)40(47)41(48)45-18-12-11-13-33(45)42(49)54-38(27(4)14-17-34(31)46)28(5)22-30-15-16-32(44)35(24-30)51-7/h14,17,20,22,26-27,29-33,35-39,50H,10-13,15-16,18-19,21,23-24H2,1-9H3/b17-14+,25-20+,28-22+/t26-,27+,29+,30-,31+,32-,33-,35+,36-,37-,38-,39+,43+/m0/s1. The molecule has 1 aliphatic carbocycles. The highest BCUT2D eigenvalue weighted by atomic mass is 35.5. The van der Waals surface area contributed by atoms with Crippen molar-refractivity contribution in [3.63, 3.8) is 0 Å². The molecule has 3 fully saturated rings. The van der Waals surface area contributed by atoms with Gasteiger partial charge in [-0.05, 0) is 102 Å². The smallest absolute Gasteiger partial charge is 0.329 e. The predicted octanol–water partition coefficient (Wildman–Crippen LogP) is 6.52. The molecule has 0 aromatic heterocycles. The zero-order valence-corrected chi connectivity index (χ0v) is 35.2. The van der Waals surface area contributed by atoms with E-state index in [1.54, 1.807) is 40.4 Å². The van der Waals surface area contributed by atoms with Crippen molar-refractivity contribution >= 4 is 35.0 Å². The number of methoxy groups -OCH3 is 3. The van der Waals surface area contributed by atoms with Gasteiger partial charge in [0.1, 0.15) is 18.2 Å². The van der Waals surface area contributed by atoms with Gasteiger partial charge < -0.3 is 33.7 Å². The Hall–Kier alpha value is -2.41. The number of nitrogens with zero attached hydrogens (tertiary/aromatic N) is 1. The number of alkyl halides is 1. The third-order valence-electron chi connectivity index (χ3n) is 12.3. The van der Waals surface area contributed by atoms with E-state index in [1.165, 1.54) is 4.90 Å². The van der Waals surface area contributed by atoms with E-state index < -0.39 is 65.7 Å². The molecule has 1 N–H and O–H groups in total. The lowest BCUT2D eigenvalue weighted by atomic mass is 9.82. The van der Waals surface area contributed by atoms with Gasteiger partial charge in [-0.2, -0.15) is 0 Å². The molecular weight excluding hydrogens is 726 g/mol. The molecule has 4 aliphatic rings. The van der Waals surface area contributed by atoms with E-state index in [-0.39, 0.29) is 48.0 Å². The van der Waals surface area contributed by atoms with Crippen molar-refractivity contribution in [1.29, 1.82) is 0 Å². The molecule has 4 rings (SSSR count). The molecule has 0 spiro atoms. The first-order chi connectivity index (χ1) is 26.1. The van der Waals surface area contributed by atoms with Crippen LogP contribution in [0.5, 0.6) is 0 Å². The van der Waals surface area contributed by atoms with Gasteiger partial charge >= 0.3 is 5.97 Å². The first-order valence-corrected chi connectivity index (χ1v) is 20.8. The molecule has 0 aromatic rings. The van der Waals surface area contributed by atoms with Gasteiger partial charge in [-0.15, -0.1) is 11.6 Å². The zero-order chi connectivity index (χ0) is 40.6. The number of fused-ring (bicyclic) bond motifs is 3. The molecule has 0 unspecified atom stereocenters. The third-order valence-corrected chi connectivity index (χ3v) is 12.8. The van der Waals surface area contributed by atoms with Gasteiger partial charge in [0.25, 0.3) is 11.7 Å². The van der Waals surface area contributed by atoms with Gasteiger partial charge in [0, 0.05) is 45.6 Å². The Kier molecular flexibility index (Phi) is 16.7. The largest absolute Gasteiger partial charge is 0.456 e. The fourth-order valence-electron chi connectivity index (χ4n) is 9.05. The number of carbonyl (C=O) groups excluding carboxylic acids is 4. The summed E-state index contributed by atoms with van der Waals surface area (Å²) in [6, 6.07) is -1.05. The maximum atomic E-state index is 14.2. The Labute approximate surface area is 333 Å². The van der Waals surface area contributed by atoms with Crippen LogP contribution in [0.4, 0.5) is 0 Å². The van der Waals surface area contributed by atoms with Crippen LogP contribution < -0.4 is 0 Å². The molecule has 55 heavy (non-hydrogen) atoms. The SMILES string of the molecule is CC[C@@H]1/C=C(\C)C[C@H](C)C[C@H](OC)[C@H]2O[C@@](O)(C(=O)C(=O)N3CCCC[C@H]3C(=O)O[C@H](/C(C)=C/[C@@H]3CC[C@H](Cl)[C@H](OC)C3)[C@H](C)/C=C/C1=O)[C@H](C)C[C@@H]2OC. The number of aliphatic hydroxyl groups is 1. The molecule has 1 saturated carbocycles. The predicted molar refractivity (Wildman–Crippen MR) is 210 cm³/mol. The van der Waals surface area contributed by atoms with Crippen LogP contribution in [0.25, 0.3) is 0 Å². The van der Waals surface area contributed by atoms with Crippen molar-refractivity contribution in [3.8, 4) is 0 Å². The van der Waals surface area contributed by atoms with Crippen molar-refractivity contribution in [1.82, 2.24) is 4.90 Å². The van der Waals surface area contributed by atoms with Crippen LogP contribution in [-0.2, 0) is 42.9 Å². The summed E-state index contributed by atoms with van der Waals surface area (Å²) in [6.07, 6.45) is 10.7. The van der Waals surface area contributed by atoms with Gasteiger partial charge in [0.2, 0.25) is 5.79 Å². The summed E-state index contributed by atoms with van der Waals surface area (Å²) in [5, 5.41) is 11.9. The average Bonchev–Trinajstić information content (AvgIpc) is 3.17. The minimum atomic E-state index is -2.46. The van der Waals surface area contributed by atoms with E-state index in [4.69, 9.17) is 35.3 Å². The maximum Gasteiger partial charge on any atom is 0.329 e. The van der Waals surface area contributed by atoms with Crippen LogP contribution >= 0.6 is 11.6 Å². The molecule has 3 heterocycles. The molecule has 2 saturated heterocycles. The zero-order valence-electron chi connectivity index (χ0n) is 34.5. The van der Waals surface area contributed by atoms with Crippen LogP contribution in [-0.4, -0.2) is 109 Å². The van der Waals surface area contributed by atoms with Crippen LogP contribution in [0, 0.1) is 29.6 Å². The van der Waals surface area contributed by atoms with Crippen molar-refractivity contribution in [3.05, 3.63) is 35.5 Å². The lowest BCUT2D eigenvalue weighted by molar-refractivity contribution is -0.302. The second kappa shape index (κ2) is 20.3. The monoisotopic (exact) mass is 791 g/mol. The van der Waals surface area contributed by atoms with Crippen LogP contribution in [0.1, 0.15) is 106 Å². The molecule has 0 radical (unpaired) electrons. The summed E-state index contributed by atoms with van der Waals surface area (Å²) >= 11 is 6.53. The van der Waals surface area contributed by atoms with Crippen molar-refractivity contribution in [2.45, 2.75) is 153 Å². The fraction of sp³-hybridized carbons (Fsp3) is 0.767. The minimum absolute atomic E-state index is 0.0356. The lowest BCUT2D eigenvalue weighted by Gasteiger charge is -2.47. The Balaban J connectivity index is 1.76. The molecule has 2 bridgehead atoms. The molecule has 13 atom stereocenters. The van der Waals surface area contributed by atoms with Crippen molar-refractivity contribution < 1.29 is 48.0 Å². The average molecular weight is 792 g/mol. The van der Waals surface area contributed by atoms with E-state index in [9.17, 15) is 24.3 Å². The molecule has 12 heteroatoms.